The quantitative estimate of drug-likeness (QED) is 0.241. The van der Waals surface area contributed by atoms with Crippen LogP contribution in [0.1, 0.15) is 40.0 Å². The number of nitrogens with zero attached hydrogens (tertiary/aromatic N) is 2. The number of rotatable bonds is 9. The first-order valence-electron chi connectivity index (χ1n) is 10.1. The van der Waals surface area contributed by atoms with E-state index in [0.717, 1.165) is 37.8 Å². The molecule has 0 amide bonds. The molecule has 154 valence electrons. The van der Waals surface area contributed by atoms with Crippen LogP contribution in [0.4, 0.5) is 0 Å². The number of likely N-dealkylation sites (tertiary alicyclic amines) is 1. The van der Waals surface area contributed by atoms with Gasteiger partial charge in [0.2, 0.25) is 0 Å². The van der Waals surface area contributed by atoms with Crippen LogP contribution in [0.2, 0.25) is 0 Å². The van der Waals surface area contributed by atoms with Crippen LogP contribution in [0.25, 0.3) is 0 Å². The van der Waals surface area contributed by atoms with Crippen molar-refractivity contribution in [3.05, 3.63) is 30.3 Å². The van der Waals surface area contributed by atoms with Crippen molar-refractivity contribution in [3.63, 3.8) is 0 Å². The first-order valence-corrected chi connectivity index (χ1v) is 10.1. The number of hydrogen-bond acceptors (Lipinski definition) is 3. The average molecular weight is 488 g/mol. The van der Waals surface area contributed by atoms with E-state index in [1.807, 2.05) is 30.3 Å². The van der Waals surface area contributed by atoms with E-state index >= 15 is 0 Å². The first kappa shape index (κ1) is 24.0. The fourth-order valence-corrected chi connectivity index (χ4v) is 3.26. The molecule has 1 aliphatic heterocycles. The SMILES string of the molecule is CCNC(=NCC1CCCN(C(C)C)C1)NCCCOc1ccccc1.I. The van der Waals surface area contributed by atoms with Gasteiger partial charge in [0.25, 0.3) is 0 Å². The lowest BCUT2D eigenvalue weighted by molar-refractivity contribution is 0.143. The largest absolute Gasteiger partial charge is 0.494 e. The summed E-state index contributed by atoms with van der Waals surface area (Å²) in [6.45, 7) is 12.4. The monoisotopic (exact) mass is 488 g/mol. The number of para-hydroxylation sites is 1. The molecule has 1 aromatic carbocycles. The number of hydrogen-bond donors (Lipinski definition) is 2. The number of nitrogens with one attached hydrogen (secondary N) is 2. The summed E-state index contributed by atoms with van der Waals surface area (Å²) in [5, 5.41) is 6.78. The maximum absolute atomic E-state index is 5.73. The Morgan fingerprint density at radius 3 is 2.74 bits per heavy atom. The van der Waals surface area contributed by atoms with Crippen LogP contribution in [-0.2, 0) is 0 Å². The Balaban J connectivity index is 0.00000364. The molecule has 0 spiro atoms. The van der Waals surface area contributed by atoms with E-state index in [0.29, 0.717) is 18.6 Å². The van der Waals surface area contributed by atoms with Crippen molar-refractivity contribution >= 4 is 29.9 Å². The van der Waals surface area contributed by atoms with Crippen molar-refractivity contribution in [1.29, 1.82) is 0 Å². The van der Waals surface area contributed by atoms with Crippen LogP contribution in [0.5, 0.6) is 5.75 Å². The Kier molecular flexibility index (Phi) is 12.5. The molecule has 2 N–H and O–H groups in total. The van der Waals surface area contributed by atoms with E-state index in [2.05, 4.69) is 36.3 Å². The lowest BCUT2D eigenvalue weighted by atomic mass is 9.97. The molecule has 0 radical (unpaired) electrons. The maximum Gasteiger partial charge on any atom is 0.191 e. The highest BCUT2D eigenvalue weighted by Gasteiger charge is 2.21. The zero-order valence-electron chi connectivity index (χ0n) is 17.1. The molecule has 1 aliphatic rings. The first-order chi connectivity index (χ1) is 12.7. The second-order valence-electron chi connectivity index (χ2n) is 7.26. The Morgan fingerprint density at radius 2 is 2.04 bits per heavy atom. The molecule has 1 unspecified atom stereocenters. The van der Waals surface area contributed by atoms with Gasteiger partial charge in [-0.15, -0.1) is 24.0 Å². The third kappa shape index (κ3) is 9.65. The molecule has 6 heteroatoms. The summed E-state index contributed by atoms with van der Waals surface area (Å²) in [6.07, 6.45) is 3.53. The Labute approximate surface area is 182 Å². The molecule has 1 heterocycles. The van der Waals surface area contributed by atoms with Crippen LogP contribution in [0.15, 0.2) is 35.3 Å². The highest BCUT2D eigenvalue weighted by atomic mass is 127. The van der Waals surface area contributed by atoms with Crippen molar-refractivity contribution in [2.45, 2.75) is 46.1 Å². The van der Waals surface area contributed by atoms with Crippen molar-refractivity contribution in [2.24, 2.45) is 10.9 Å². The summed E-state index contributed by atoms with van der Waals surface area (Å²) in [5.41, 5.74) is 0. The number of benzene rings is 1. The zero-order valence-corrected chi connectivity index (χ0v) is 19.4. The van der Waals surface area contributed by atoms with E-state index in [-0.39, 0.29) is 24.0 Å². The highest BCUT2D eigenvalue weighted by Crippen LogP contribution is 2.18. The van der Waals surface area contributed by atoms with Gasteiger partial charge in [-0.2, -0.15) is 0 Å². The van der Waals surface area contributed by atoms with E-state index in [1.54, 1.807) is 0 Å². The molecule has 1 saturated heterocycles. The number of aliphatic imine (C=N–C) groups is 1. The molecule has 1 fully saturated rings. The number of halogens is 1. The normalized spacial score (nSPS) is 18.1. The predicted octanol–water partition coefficient (Wildman–Crippen LogP) is 3.75. The van der Waals surface area contributed by atoms with E-state index in [9.17, 15) is 0 Å². The van der Waals surface area contributed by atoms with Gasteiger partial charge in [0.05, 0.1) is 6.61 Å². The maximum atomic E-state index is 5.73. The second kappa shape index (κ2) is 14.0. The van der Waals surface area contributed by atoms with Crippen LogP contribution >= 0.6 is 24.0 Å². The Hall–Kier alpha value is -1.02. The molecule has 27 heavy (non-hydrogen) atoms. The van der Waals surface area contributed by atoms with Crippen LogP contribution < -0.4 is 15.4 Å². The lowest BCUT2D eigenvalue weighted by Crippen LogP contribution is -2.42. The minimum Gasteiger partial charge on any atom is -0.494 e. The number of ether oxygens (including phenoxy) is 1. The number of guanidine groups is 1. The molecule has 5 nitrogen and oxygen atoms in total. The molecule has 0 aromatic heterocycles. The van der Waals surface area contributed by atoms with Gasteiger partial charge in [-0.3, -0.25) is 4.99 Å². The molecular formula is C21H37IN4O. The Bertz CT molecular complexity index is 524. The van der Waals surface area contributed by atoms with Crippen molar-refractivity contribution in [3.8, 4) is 5.75 Å². The predicted molar refractivity (Wildman–Crippen MR) is 125 cm³/mol. The molecule has 0 aliphatic carbocycles. The second-order valence-corrected chi connectivity index (χ2v) is 7.26. The standard InChI is InChI=1S/C21H36N4O.HI/c1-4-22-21(23-13-9-15-26-20-11-6-5-7-12-20)24-16-19-10-8-14-25(17-19)18(2)3;/h5-7,11-12,18-19H,4,8-10,13-17H2,1-3H3,(H2,22,23,24);1H. The third-order valence-electron chi connectivity index (χ3n) is 4.76. The summed E-state index contributed by atoms with van der Waals surface area (Å²) in [4.78, 5) is 7.39. The molecule has 0 bridgehead atoms. The fourth-order valence-electron chi connectivity index (χ4n) is 3.26. The minimum absolute atomic E-state index is 0. The van der Waals surface area contributed by atoms with E-state index in [1.165, 1.54) is 25.9 Å². The van der Waals surface area contributed by atoms with Crippen molar-refractivity contribution in [1.82, 2.24) is 15.5 Å². The molecule has 2 rings (SSSR count). The summed E-state index contributed by atoms with van der Waals surface area (Å²) in [7, 11) is 0. The molecule has 1 atom stereocenters. The van der Waals surface area contributed by atoms with Gasteiger partial charge in [-0.05, 0) is 64.6 Å². The van der Waals surface area contributed by atoms with Gasteiger partial charge in [-0.1, -0.05) is 18.2 Å². The lowest BCUT2D eigenvalue weighted by Gasteiger charge is -2.34. The average Bonchev–Trinajstić information content (AvgIpc) is 2.66. The van der Waals surface area contributed by atoms with Crippen molar-refractivity contribution < 1.29 is 4.74 Å². The topological polar surface area (TPSA) is 48.9 Å². The summed E-state index contributed by atoms with van der Waals surface area (Å²) in [5.74, 6) is 2.52. The third-order valence-corrected chi connectivity index (χ3v) is 4.76. The van der Waals surface area contributed by atoms with Gasteiger partial charge in [0.1, 0.15) is 5.75 Å². The van der Waals surface area contributed by atoms with Gasteiger partial charge >= 0.3 is 0 Å². The smallest absolute Gasteiger partial charge is 0.191 e. The summed E-state index contributed by atoms with van der Waals surface area (Å²) < 4.78 is 5.73. The van der Waals surface area contributed by atoms with Gasteiger partial charge in [0, 0.05) is 32.2 Å². The van der Waals surface area contributed by atoms with Crippen LogP contribution in [0, 0.1) is 5.92 Å². The van der Waals surface area contributed by atoms with Crippen LogP contribution in [0.3, 0.4) is 0 Å². The van der Waals surface area contributed by atoms with E-state index in [4.69, 9.17) is 9.73 Å². The molecule has 0 saturated carbocycles. The zero-order chi connectivity index (χ0) is 18.6. The fraction of sp³-hybridized carbons (Fsp3) is 0.667. The summed E-state index contributed by atoms with van der Waals surface area (Å²) >= 11 is 0. The van der Waals surface area contributed by atoms with Crippen molar-refractivity contribution in [2.75, 3.05) is 39.3 Å². The molecule has 1 aromatic rings. The minimum atomic E-state index is 0. The summed E-state index contributed by atoms with van der Waals surface area (Å²) in [6, 6.07) is 10.6. The van der Waals surface area contributed by atoms with E-state index < -0.39 is 0 Å². The van der Waals surface area contributed by atoms with Gasteiger partial charge in [-0.25, -0.2) is 0 Å². The molecular weight excluding hydrogens is 451 g/mol. The number of piperidine rings is 1. The Morgan fingerprint density at radius 1 is 1.26 bits per heavy atom. The van der Waals surface area contributed by atoms with Gasteiger partial charge in [0.15, 0.2) is 5.96 Å². The highest BCUT2D eigenvalue weighted by molar-refractivity contribution is 14.0. The van der Waals surface area contributed by atoms with Gasteiger partial charge < -0.3 is 20.3 Å². The van der Waals surface area contributed by atoms with Crippen LogP contribution in [-0.4, -0.2) is 56.2 Å².